The van der Waals surface area contributed by atoms with Crippen LogP contribution in [0, 0.1) is 0 Å². The van der Waals surface area contributed by atoms with E-state index in [4.69, 9.17) is 34.8 Å². The average Bonchev–Trinajstić information content (AvgIpc) is 1.25. The van der Waals surface area contributed by atoms with Crippen LogP contribution in [0.3, 0.4) is 0 Å². The normalized spacial score (nSPS) is 6.89. The molecule has 0 radical (unpaired) electrons. The van der Waals surface area contributed by atoms with E-state index in [-0.39, 0.29) is 11.9 Å². The second-order valence-electron chi connectivity index (χ2n) is 1.16. The van der Waals surface area contributed by atoms with Gasteiger partial charge in [0, 0.05) is 0 Å². The van der Waals surface area contributed by atoms with E-state index in [9.17, 15) is 4.79 Å². The van der Waals surface area contributed by atoms with Gasteiger partial charge in [0.25, 0.3) is 0 Å². The van der Waals surface area contributed by atoms with Crippen molar-refractivity contribution in [1.82, 2.24) is 6.15 Å². The Morgan fingerprint density at radius 1 is 1.22 bits per heavy atom. The molecule has 0 amide bonds. The van der Waals surface area contributed by atoms with Crippen molar-refractivity contribution in [3.8, 4) is 0 Å². The van der Waals surface area contributed by atoms with Gasteiger partial charge in [0.05, 0.1) is 0 Å². The van der Waals surface area contributed by atoms with Crippen molar-refractivity contribution < 1.29 is 4.79 Å². The van der Waals surface area contributed by atoms with Crippen molar-refractivity contribution in [3.05, 3.63) is 0 Å². The van der Waals surface area contributed by atoms with Crippen LogP contribution in [-0.2, 0) is 4.79 Å². The Labute approximate surface area is 70.0 Å². The molecular weight excluding hydrogens is 184 g/mol. The number of ketones is 1. The quantitative estimate of drug-likeness (QED) is 0.603. The van der Waals surface area contributed by atoms with Crippen LogP contribution in [0.1, 0.15) is 13.8 Å². The highest BCUT2D eigenvalue weighted by Gasteiger charge is 1.78. The van der Waals surface area contributed by atoms with Gasteiger partial charge in [0.15, 0.2) is 4.30 Å². The fourth-order valence-electron chi connectivity index (χ4n) is 0. The van der Waals surface area contributed by atoms with Crippen LogP contribution in [0.2, 0.25) is 0 Å². The summed E-state index contributed by atoms with van der Waals surface area (Å²) in [4.78, 5) is 9.44. The summed E-state index contributed by atoms with van der Waals surface area (Å²) < 4.78 is -0.750. The molecular formula is C4H10Cl3NO. The summed E-state index contributed by atoms with van der Waals surface area (Å²) >= 11 is 14.4. The van der Waals surface area contributed by atoms with Crippen molar-refractivity contribution >= 4 is 40.6 Å². The summed E-state index contributed by atoms with van der Waals surface area (Å²) in [5, 5.41) is 0. The van der Waals surface area contributed by atoms with Gasteiger partial charge in [-0.25, -0.2) is 0 Å². The molecule has 0 saturated heterocycles. The Balaban J connectivity index is -0.0000000720. The molecule has 58 valence electrons. The fourth-order valence-corrected chi connectivity index (χ4v) is 0. The van der Waals surface area contributed by atoms with Crippen molar-refractivity contribution in [3.63, 3.8) is 0 Å². The number of hydrogen-bond acceptors (Lipinski definition) is 2. The molecule has 0 rings (SSSR count). The highest BCUT2D eigenvalue weighted by atomic mass is 35.6. The minimum atomic E-state index is -0.750. The number of halogens is 3. The first kappa shape index (κ1) is 16.2. The molecule has 0 unspecified atom stereocenters. The molecule has 0 aromatic rings. The van der Waals surface area contributed by atoms with E-state index in [0.717, 1.165) is 0 Å². The summed E-state index contributed by atoms with van der Waals surface area (Å²) in [6.45, 7) is 3.06. The van der Waals surface area contributed by atoms with Gasteiger partial charge in [-0.1, -0.05) is 34.8 Å². The fraction of sp³-hybridized carbons (Fsp3) is 0.750. The lowest BCUT2D eigenvalue weighted by molar-refractivity contribution is -0.114. The lowest BCUT2D eigenvalue weighted by Gasteiger charge is -1.69. The van der Waals surface area contributed by atoms with Gasteiger partial charge in [-0.3, -0.25) is 0 Å². The highest BCUT2D eigenvalue weighted by molar-refractivity contribution is 6.63. The zero-order valence-electron chi connectivity index (χ0n) is 5.33. The van der Waals surface area contributed by atoms with E-state index in [2.05, 4.69) is 0 Å². The lowest BCUT2D eigenvalue weighted by atomic mass is 10.6. The van der Waals surface area contributed by atoms with Gasteiger partial charge in [0.1, 0.15) is 5.78 Å². The minimum absolute atomic E-state index is 0. The van der Waals surface area contributed by atoms with E-state index < -0.39 is 4.30 Å². The third kappa shape index (κ3) is 1440. The molecule has 9 heavy (non-hydrogen) atoms. The molecule has 0 saturated carbocycles. The summed E-state index contributed by atoms with van der Waals surface area (Å²) in [6, 6.07) is 0. The molecule has 3 N–H and O–H groups in total. The molecule has 0 aliphatic heterocycles. The van der Waals surface area contributed by atoms with Crippen LogP contribution in [0.25, 0.3) is 0 Å². The topological polar surface area (TPSA) is 52.1 Å². The van der Waals surface area contributed by atoms with E-state index in [1.165, 1.54) is 13.8 Å². The number of rotatable bonds is 0. The highest BCUT2D eigenvalue weighted by Crippen LogP contribution is 2.03. The molecule has 5 heteroatoms. The first-order valence-electron chi connectivity index (χ1n) is 1.86. The van der Waals surface area contributed by atoms with Gasteiger partial charge >= 0.3 is 0 Å². The maximum Gasteiger partial charge on any atom is 0.180 e. The molecule has 0 fully saturated rings. The van der Waals surface area contributed by atoms with E-state index in [0.29, 0.717) is 0 Å². The van der Waals surface area contributed by atoms with Crippen molar-refractivity contribution in [1.29, 1.82) is 0 Å². The van der Waals surface area contributed by atoms with Crippen LogP contribution in [-0.4, -0.2) is 10.1 Å². The second kappa shape index (κ2) is 11.3. The minimum Gasteiger partial charge on any atom is -0.344 e. The standard InChI is InChI=1S/C3H6O.CHCl3.H3N/c1-3(2)4;2-1(3)4;/h1-2H3;1H;1H3. The van der Waals surface area contributed by atoms with Gasteiger partial charge < -0.3 is 10.9 Å². The van der Waals surface area contributed by atoms with Crippen LogP contribution in [0.4, 0.5) is 0 Å². The largest absolute Gasteiger partial charge is 0.344 e. The third-order valence-electron chi connectivity index (χ3n) is 0. The number of alkyl halides is 3. The maximum atomic E-state index is 9.44. The first-order chi connectivity index (χ1) is 3.46. The van der Waals surface area contributed by atoms with Gasteiger partial charge in [-0.15, -0.1) is 0 Å². The molecule has 0 aromatic carbocycles. The third-order valence-corrected chi connectivity index (χ3v) is 0. The molecule has 0 bridgehead atoms. The van der Waals surface area contributed by atoms with Crippen molar-refractivity contribution in [2.75, 3.05) is 0 Å². The molecule has 0 atom stereocenters. The Kier molecular flexibility index (Phi) is 20.4. The predicted octanol–water partition coefficient (Wildman–Crippen LogP) is 2.74. The number of carbonyl (C=O) groups excluding carboxylic acids is 1. The maximum absolute atomic E-state index is 9.44. The van der Waals surface area contributed by atoms with E-state index >= 15 is 0 Å². The average molecular weight is 194 g/mol. The number of carbonyl (C=O) groups is 1. The SMILES string of the molecule is CC(C)=O.ClC(Cl)Cl.N. The zero-order chi connectivity index (χ0) is 7.15. The lowest BCUT2D eigenvalue weighted by Crippen LogP contribution is -1.69. The summed E-state index contributed by atoms with van der Waals surface area (Å²) in [7, 11) is 0. The van der Waals surface area contributed by atoms with Gasteiger partial charge in [-0.05, 0) is 13.8 Å². The monoisotopic (exact) mass is 193 g/mol. The first-order valence-corrected chi connectivity index (χ1v) is 3.17. The van der Waals surface area contributed by atoms with Crippen molar-refractivity contribution in [2.24, 2.45) is 0 Å². The Bertz CT molecular complexity index is 60.1. The van der Waals surface area contributed by atoms with Gasteiger partial charge in [-0.2, -0.15) is 0 Å². The second-order valence-corrected chi connectivity index (χ2v) is 3.14. The summed E-state index contributed by atoms with van der Waals surface area (Å²) in [6.07, 6.45) is 0. The van der Waals surface area contributed by atoms with E-state index in [1.54, 1.807) is 0 Å². The van der Waals surface area contributed by atoms with Gasteiger partial charge in [0.2, 0.25) is 0 Å². The van der Waals surface area contributed by atoms with E-state index in [1.807, 2.05) is 0 Å². The Hall–Kier alpha value is 0.500. The van der Waals surface area contributed by atoms with Crippen molar-refractivity contribution in [2.45, 2.75) is 18.1 Å². The summed E-state index contributed by atoms with van der Waals surface area (Å²) in [5.41, 5.74) is 0. The van der Waals surface area contributed by atoms with Crippen LogP contribution < -0.4 is 6.15 Å². The molecule has 0 aliphatic rings. The molecule has 0 heterocycles. The Morgan fingerprint density at radius 2 is 1.22 bits per heavy atom. The van der Waals surface area contributed by atoms with Crippen LogP contribution in [0.5, 0.6) is 0 Å². The smallest absolute Gasteiger partial charge is 0.180 e. The molecule has 0 aromatic heterocycles. The predicted molar refractivity (Wildman–Crippen MR) is 42.7 cm³/mol. The Morgan fingerprint density at radius 3 is 1.22 bits per heavy atom. The summed E-state index contributed by atoms with van der Waals surface area (Å²) in [5.74, 6) is 0.167. The van der Waals surface area contributed by atoms with Crippen LogP contribution in [0.15, 0.2) is 0 Å². The van der Waals surface area contributed by atoms with Crippen LogP contribution >= 0.6 is 34.8 Å². The zero-order valence-corrected chi connectivity index (χ0v) is 7.59. The number of Topliss-reactive ketones (excluding diaryl/α,β-unsaturated/α-hetero) is 1. The molecule has 0 spiro atoms. The molecule has 2 nitrogen and oxygen atoms in total. The number of hydrogen-bond donors (Lipinski definition) is 1. The molecule has 0 aliphatic carbocycles.